The van der Waals surface area contributed by atoms with E-state index in [2.05, 4.69) is 160 Å². The Morgan fingerprint density at radius 3 is 1.55 bits per heavy atom. The Hall–Kier alpha value is -5.64. The van der Waals surface area contributed by atoms with E-state index in [4.69, 9.17) is 0 Å². The lowest BCUT2D eigenvalue weighted by Crippen LogP contribution is -2.21. The molecule has 7 rings (SSSR count). The predicted molar refractivity (Wildman–Crippen MR) is 238 cm³/mol. The summed E-state index contributed by atoms with van der Waals surface area (Å²) in [4.78, 5) is 2.35. The quantitative estimate of drug-likeness (QED) is 0.124. The molecule has 3 atom stereocenters. The molecule has 0 amide bonds. The number of nitrogens with zero attached hydrogens (tertiary/aromatic N) is 1. The molecule has 3 unspecified atom stereocenters. The van der Waals surface area contributed by atoms with Gasteiger partial charge in [0.1, 0.15) is 5.75 Å². The van der Waals surface area contributed by atoms with Crippen molar-refractivity contribution in [2.45, 2.75) is 84.2 Å². The zero-order chi connectivity index (χ0) is 39.2. The summed E-state index contributed by atoms with van der Waals surface area (Å²) in [5, 5.41) is 20.9. The first-order valence-electron chi connectivity index (χ1n) is 20.4. The van der Waals surface area contributed by atoms with E-state index in [1.807, 2.05) is 25.1 Å². The van der Waals surface area contributed by atoms with Crippen molar-refractivity contribution in [1.82, 2.24) is 0 Å². The van der Waals surface area contributed by atoms with E-state index in [1.165, 1.54) is 17.5 Å². The molecule has 0 saturated heterocycles. The summed E-state index contributed by atoms with van der Waals surface area (Å²) in [5.41, 5.74) is 14.0. The third kappa shape index (κ3) is 8.59. The zero-order valence-electron chi connectivity index (χ0n) is 33.5. The second-order valence-corrected chi connectivity index (χ2v) is 15.9. The van der Waals surface area contributed by atoms with E-state index in [9.17, 15) is 10.2 Å². The van der Waals surface area contributed by atoms with Crippen molar-refractivity contribution < 1.29 is 10.2 Å². The highest BCUT2D eigenvalue weighted by Crippen LogP contribution is 2.44. The summed E-state index contributed by atoms with van der Waals surface area (Å²) in [7, 11) is 0. The number of hydrogen-bond acceptors (Lipinski definition) is 3. The van der Waals surface area contributed by atoms with Crippen molar-refractivity contribution in [3.8, 4) is 39.1 Å². The van der Waals surface area contributed by atoms with Crippen LogP contribution < -0.4 is 4.90 Å². The van der Waals surface area contributed by atoms with E-state index < -0.39 is 5.60 Å². The zero-order valence-corrected chi connectivity index (χ0v) is 33.5. The number of rotatable bonds is 13. The molecule has 284 valence electrons. The molecule has 6 aromatic rings. The maximum atomic E-state index is 10.7. The van der Waals surface area contributed by atoms with Crippen molar-refractivity contribution >= 4 is 22.6 Å². The molecular formula is C53H55NO2. The summed E-state index contributed by atoms with van der Waals surface area (Å²) >= 11 is 0. The van der Waals surface area contributed by atoms with E-state index in [0.717, 1.165) is 80.8 Å². The van der Waals surface area contributed by atoms with Crippen molar-refractivity contribution in [2.24, 2.45) is 0 Å². The summed E-state index contributed by atoms with van der Waals surface area (Å²) in [6.45, 7) is 11.0. The van der Waals surface area contributed by atoms with Crippen LogP contribution in [0.1, 0.15) is 95.2 Å². The molecule has 0 heterocycles. The molecule has 0 bridgehead atoms. The Balaban J connectivity index is 1.39. The summed E-state index contributed by atoms with van der Waals surface area (Å²) in [5.74, 6) is 1.27. The van der Waals surface area contributed by atoms with Crippen LogP contribution in [0.15, 0.2) is 158 Å². The van der Waals surface area contributed by atoms with E-state index in [0.29, 0.717) is 18.3 Å². The van der Waals surface area contributed by atoms with Gasteiger partial charge in [0.25, 0.3) is 0 Å². The molecule has 3 heteroatoms. The number of hydrogen-bond donors (Lipinski definition) is 2. The lowest BCUT2D eigenvalue weighted by Gasteiger charge is -2.28. The van der Waals surface area contributed by atoms with Crippen LogP contribution in [0.5, 0.6) is 5.75 Å². The van der Waals surface area contributed by atoms with Gasteiger partial charge in [-0.25, -0.2) is 0 Å². The largest absolute Gasteiger partial charge is 0.508 e. The van der Waals surface area contributed by atoms with Gasteiger partial charge in [-0.05, 0) is 142 Å². The summed E-state index contributed by atoms with van der Waals surface area (Å²) in [6.07, 6.45) is 11.4. The van der Waals surface area contributed by atoms with Crippen molar-refractivity contribution in [2.75, 3.05) is 4.90 Å². The van der Waals surface area contributed by atoms with Gasteiger partial charge in [-0.3, -0.25) is 0 Å². The van der Waals surface area contributed by atoms with Gasteiger partial charge >= 0.3 is 0 Å². The van der Waals surface area contributed by atoms with E-state index in [1.54, 1.807) is 12.1 Å². The highest BCUT2D eigenvalue weighted by molar-refractivity contribution is 5.92. The average Bonchev–Trinajstić information content (AvgIpc) is 3.22. The number of allylic oxidation sites excluding steroid dienone is 2. The van der Waals surface area contributed by atoms with Crippen molar-refractivity contribution in [3.05, 3.63) is 174 Å². The molecule has 0 radical (unpaired) electrons. The Kier molecular flexibility index (Phi) is 11.7. The van der Waals surface area contributed by atoms with Gasteiger partial charge in [-0.1, -0.05) is 150 Å². The molecule has 2 N–H and O–H groups in total. The van der Waals surface area contributed by atoms with E-state index >= 15 is 0 Å². The predicted octanol–water partition coefficient (Wildman–Crippen LogP) is 14.8. The number of para-hydroxylation sites is 1. The first-order valence-corrected chi connectivity index (χ1v) is 20.4. The molecule has 0 aliphatic heterocycles. The maximum Gasteiger partial charge on any atom is 0.115 e. The van der Waals surface area contributed by atoms with Crippen molar-refractivity contribution in [1.29, 1.82) is 0 Å². The lowest BCUT2D eigenvalue weighted by molar-refractivity contribution is 0.114. The van der Waals surface area contributed by atoms with Crippen LogP contribution in [0.3, 0.4) is 0 Å². The number of anilines is 3. The Labute approximate surface area is 334 Å². The lowest BCUT2D eigenvalue weighted by atomic mass is 9.86. The topological polar surface area (TPSA) is 43.7 Å². The molecule has 0 spiro atoms. The van der Waals surface area contributed by atoms with Gasteiger partial charge in [0.15, 0.2) is 0 Å². The van der Waals surface area contributed by atoms with Gasteiger partial charge in [-0.2, -0.15) is 0 Å². The number of benzene rings is 6. The molecule has 6 aromatic carbocycles. The van der Waals surface area contributed by atoms with Crippen molar-refractivity contribution in [3.63, 3.8) is 0 Å². The van der Waals surface area contributed by atoms with Crippen LogP contribution in [0.25, 0.3) is 39.0 Å². The fourth-order valence-corrected chi connectivity index (χ4v) is 8.09. The first-order chi connectivity index (χ1) is 27.1. The first kappa shape index (κ1) is 38.6. The fraction of sp³-hybridized carbons (Fsp3) is 0.245. The highest BCUT2D eigenvalue weighted by Gasteiger charge is 2.22. The number of phenolic OH excluding ortho intramolecular Hbond substituents is 1. The van der Waals surface area contributed by atoms with Gasteiger partial charge in [0, 0.05) is 17.1 Å². The standard InChI is InChI=1S/C53H55NO2/c1-6-11-37(3)39-15-19-42(20-16-39)51-35-46(25-29-49(51)41-23-27-48(55)28-24-41)54(45-13-9-8-10-14-45)47-26-30-50(44-31-33-53(5,56)34-32-44)52(36-47)43-21-17-40(18-22-43)38(4)12-7-2/h8-10,13-33,35-38,55-56H,6-7,11-12,34H2,1-5H3. The SMILES string of the molecule is CCCC(C)c1ccc(-c2cc(N(c3ccccc3)c3ccc(-c4ccc(O)cc4)c(-c4ccc(C(C)CCC)cc4)c3)ccc2C2=CCC(C)(O)C=C2)cc1. The second-order valence-electron chi connectivity index (χ2n) is 15.9. The fourth-order valence-electron chi connectivity index (χ4n) is 8.09. The van der Waals surface area contributed by atoms with Crippen LogP contribution in [0, 0.1) is 0 Å². The average molecular weight is 738 g/mol. The number of phenols is 1. The molecule has 0 aromatic heterocycles. The molecule has 1 aliphatic rings. The third-order valence-electron chi connectivity index (χ3n) is 11.4. The third-order valence-corrected chi connectivity index (χ3v) is 11.4. The Morgan fingerprint density at radius 2 is 1.05 bits per heavy atom. The van der Waals surface area contributed by atoms with Gasteiger partial charge in [0.2, 0.25) is 0 Å². The maximum absolute atomic E-state index is 10.7. The number of aliphatic hydroxyl groups is 1. The highest BCUT2D eigenvalue weighted by atomic mass is 16.3. The summed E-state index contributed by atoms with van der Waals surface area (Å²) < 4.78 is 0. The molecule has 0 saturated carbocycles. The van der Waals surface area contributed by atoms with Crippen LogP contribution in [-0.2, 0) is 0 Å². The Bertz CT molecular complexity index is 2300. The van der Waals surface area contributed by atoms with Gasteiger partial charge in [0.05, 0.1) is 5.60 Å². The smallest absolute Gasteiger partial charge is 0.115 e. The molecule has 56 heavy (non-hydrogen) atoms. The molecule has 1 aliphatic carbocycles. The molecule has 3 nitrogen and oxygen atoms in total. The van der Waals surface area contributed by atoms with E-state index in [-0.39, 0.29) is 5.75 Å². The minimum Gasteiger partial charge on any atom is -0.508 e. The van der Waals surface area contributed by atoms with Gasteiger partial charge < -0.3 is 15.1 Å². The summed E-state index contributed by atoms with van der Waals surface area (Å²) in [6, 6.07) is 49.9. The molecular weight excluding hydrogens is 683 g/mol. The second kappa shape index (κ2) is 17.0. The van der Waals surface area contributed by atoms with Gasteiger partial charge in [-0.15, -0.1) is 0 Å². The van der Waals surface area contributed by atoms with Crippen LogP contribution >= 0.6 is 0 Å². The number of aromatic hydroxyl groups is 1. The minimum atomic E-state index is -0.844. The normalized spacial score (nSPS) is 16.3. The minimum absolute atomic E-state index is 0.255. The monoisotopic (exact) mass is 737 g/mol. The Morgan fingerprint density at radius 1 is 0.571 bits per heavy atom. The van der Waals surface area contributed by atoms with Crippen LogP contribution in [0.2, 0.25) is 0 Å². The molecule has 0 fully saturated rings. The van der Waals surface area contributed by atoms with Crippen LogP contribution in [-0.4, -0.2) is 15.8 Å². The van der Waals surface area contributed by atoms with Crippen LogP contribution in [0.4, 0.5) is 17.1 Å².